The van der Waals surface area contributed by atoms with E-state index in [0.717, 1.165) is 22.8 Å². The second-order valence-corrected chi connectivity index (χ2v) is 4.50. The fraction of sp³-hybridized carbons (Fsp3) is 0.200. The zero-order valence-corrected chi connectivity index (χ0v) is 11.0. The standard InChI is InChI=1S/C15H13N3O2/c1-10-5-11(7-16)6-14(18-10)17-8-12-3-2-4-13-15(12)20-9-19-13/h2-6H,8-9H2,1H3,(H,17,18). The number of para-hydroxylation sites is 1. The largest absolute Gasteiger partial charge is 0.454 e. The molecule has 0 aliphatic carbocycles. The van der Waals surface area contributed by atoms with E-state index in [0.29, 0.717) is 17.9 Å². The number of nitriles is 1. The summed E-state index contributed by atoms with van der Waals surface area (Å²) in [5.74, 6) is 2.21. The highest BCUT2D eigenvalue weighted by molar-refractivity contribution is 5.50. The summed E-state index contributed by atoms with van der Waals surface area (Å²) in [6, 6.07) is 11.4. The van der Waals surface area contributed by atoms with Crippen LogP contribution in [0.4, 0.5) is 5.82 Å². The molecule has 5 heteroatoms. The highest BCUT2D eigenvalue weighted by Crippen LogP contribution is 2.35. The van der Waals surface area contributed by atoms with Crippen LogP contribution in [0, 0.1) is 18.3 Å². The molecule has 1 aromatic carbocycles. The quantitative estimate of drug-likeness (QED) is 0.925. The van der Waals surface area contributed by atoms with Crippen LogP contribution in [0.15, 0.2) is 30.3 Å². The van der Waals surface area contributed by atoms with Crippen LogP contribution in [0.1, 0.15) is 16.8 Å². The lowest BCUT2D eigenvalue weighted by Crippen LogP contribution is -2.03. The van der Waals surface area contributed by atoms with Gasteiger partial charge < -0.3 is 14.8 Å². The average Bonchev–Trinajstić information content (AvgIpc) is 2.93. The van der Waals surface area contributed by atoms with Crippen molar-refractivity contribution in [3.05, 3.63) is 47.2 Å². The van der Waals surface area contributed by atoms with E-state index in [4.69, 9.17) is 14.7 Å². The first kappa shape index (κ1) is 12.3. The Morgan fingerprint density at radius 3 is 3.10 bits per heavy atom. The van der Waals surface area contributed by atoms with E-state index in [9.17, 15) is 0 Å². The van der Waals surface area contributed by atoms with Gasteiger partial charge in [-0.15, -0.1) is 0 Å². The summed E-state index contributed by atoms with van der Waals surface area (Å²) < 4.78 is 10.8. The molecule has 5 nitrogen and oxygen atoms in total. The molecule has 0 spiro atoms. The van der Waals surface area contributed by atoms with Gasteiger partial charge in [-0.2, -0.15) is 5.26 Å². The van der Waals surface area contributed by atoms with Gasteiger partial charge in [0.05, 0.1) is 11.6 Å². The fourth-order valence-electron chi connectivity index (χ4n) is 2.14. The fourth-order valence-corrected chi connectivity index (χ4v) is 2.14. The highest BCUT2D eigenvalue weighted by atomic mass is 16.7. The topological polar surface area (TPSA) is 67.2 Å². The van der Waals surface area contributed by atoms with Crippen molar-refractivity contribution in [1.29, 1.82) is 5.26 Å². The van der Waals surface area contributed by atoms with Gasteiger partial charge in [-0.05, 0) is 25.1 Å². The first-order valence-corrected chi connectivity index (χ1v) is 6.26. The molecule has 0 amide bonds. The Morgan fingerprint density at radius 2 is 2.25 bits per heavy atom. The van der Waals surface area contributed by atoms with Gasteiger partial charge in [0.25, 0.3) is 0 Å². The Morgan fingerprint density at radius 1 is 1.35 bits per heavy atom. The minimum Gasteiger partial charge on any atom is -0.454 e. The van der Waals surface area contributed by atoms with E-state index in [1.165, 1.54) is 0 Å². The third kappa shape index (κ3) is 2.36. The number of benzene rings is 1. The smallest absolute Gasteiger partial charge is 0.231 e. The third-order valence-corrected chi connectivity index (χ3v) is 3.02. The maximum atomic E-state index is 8.96. The maximum Gasteiger partial charge on any atom is 0.231 e. The summed E-state index contributed by atoms with van der Waals surface area (Å²) in [6.07, 6.45) is 0. The molecular formula is C15H13N3O2. The van der Waals surface area contributed by atoms with Gasteiger partial charge in [0.15, 0.2) is 11.5 Å². The lowest BCUT2D eigenvalue weighted by Gasteiger charge is -2.09. The number of anilines is 1. The summed E-state index contributed by atoms with van der Waals surface area (Å²) in [5.41, 5.74) is 2.41. The number of rotatable bonds is 3. The van der Waals surface area contributed by atoms with Crippen molar-refractivity contribution in [3.63, 3.8) is 0 Å². The van der Waals surface area contributed by atoms with Crippen molar-refractivity contribution in [2.75, 3.05) is 12.1 Å². The number of nitrogens with zero attached hydrogens (tertiary/aromatic N) is 2. The molecule has 0 radical (unpaired) electrons. The lowest BCUT2D eigenvalue weighted by atomic mass is 10.2. The van der Waals surface area contributed by atoms with Crippen molar-refractivity contribution in [2.24, 2.45) is 0 Å². The molecule has 1 aromatic heterocycles. The number of aromatic nitrogens is 1. The van der Waals surface area contributed by atoms with Crippen molar-refractivity contribution in [3.8, 4) is 17.6 Å². The van der Waals surface area contributed by atoms with Gasteiger partial charge in [0.2, 0.25) is 6.79 Å². The molecule has 100 valence electrons. The Kier molecular flexibility index (Phi) is 3.13. The van der Waals surface area contributed by atoms with Crippen LogP contribution in [0.5, 0.6) is 11.5 Å². The van der Waals surface area contributed by atoms with Crippen LogP contribution in [0.2, 0.25) is 0 Å². The Bertz CT molecular complexity index is 692. The summed E-state index contributed by atoms with van der Waals surface area (Å²) in [4.78, 5) is 4.36. The zero-order valence-electron chi connectivity index (χ0n) is 11.0. The number of aryl methyl sites for hydroxylation is 1. The highest BCUT2D eigenvalue weighted by Gasteiger charge is 2.16. The lowest BCUT2D eigenvalue weighted by molar-refractivity contribution is 0.173. The number of fused-ring (bicyclic) bond motifs is 1. The molecule has 0 saturated heterocycles. The summed E-state index contributed by atoms with van der Waals surface area (Å²) >= 11 is 0. The predicted molar refractivity (Wildman–Crippen MR) is 73.6 cm³/mol. The number of nitrogens with one attached hydrogen (secondary N) is 1. The second kappa shape index (κ2) is 5.10. The molecule has 0 saturated carbocycles. The van der Waals surface area contributed by atoms with Crippen LogP contribution in [0.25, 0.3) is 0 Å². The van der Waals surface area contributed by atoms with E-state index in [1.54, 1.807) is 12.1 Å². The monoisotopic (exact) mass is 267 g/mol. The molecule has 0 unspecified atom stereocenters. The van der Waals surface area contributed by atoms with Gasteiger partial charge >= 0.3 is 0 Å². The molecule has 2 heterocycles. The van der Waals surface area contributed by atoms with E-state index >= 15 is 0 Å². The molecule has 20 heavy (non-hydrogen) atoms. The van der Waals surface area contributed by atoms with Crippen LogP contribution in [-0.4, -0.2) is 11.8 Å². The molecule has 0 bridgehead atoms. The Labute approximate surface area is 116 Å². The van der Waals surface area contributed by atoms with Gasteiger partial charge in [0, 0.05) is 17.8 Å². The molecule has 1 N–H and O–H groups in total. The number of pyridine rings is 1. The average molecular weight is 267 g/mol. The first-order valence-electron chi connectivity index (χ1n) is 6.26. The first-order chi connectivity index (χ1) is 9.76. The summed E-state index contributed by atoms with van der Waals surface area (Å²) in [6.45, 7) is 2.69. The van der Waals surface area contributed by atoms with Gasteiger partial charge in [-0.25, -0.2) is 4.98 Å². The predicted octanol–water partition coefficient (Wildman–Crippen LogP) is 2.60. The van der Waals surface area contributed by atoms with Gasteiger partial charge in [-0.1, -0.05) is 12.1 Å². The molecular weight excluding hydrogens is 254 g/mol. The molecule has 3 rings (SSSR count). The molecule has 1 aliphatic rings. The SMILES string of the molecule is Cc1cc(C#N)cc(NCc2cccc3c2OCO3)n1. The molecule has 0 atom stereocenters. The number of hydrogen-bond donors (Lipinski definition) is 1. The summed E-state index contributed by atoms with van der Waals surface area (Å²) in [5, 5.41) is 12.2. The third-order valence-electron chi connectivity index (χ3n) is 3.02. The molecule has 2 aromatic rings. The van der Waals surface area contributed by atoms with Crippen LogP contribution < -0.4 is 14.8 Å². The van der Waals surface area contributed by atoms with Crippen molar-refractivity contribution >= 4 is 5.82 Å². The van der Waals surface area contributed by atoms with Crippen LogP contribution in [-0.2, 0) is 6.54 Å². The van der Waals surface area contributed by atoms with Crippen molar-refractivity contribution < 1.29 is 9.47 Å². The van der Waals surface area contributed by atoms with Gasteiger partial charge in [0.1, 0.15) is 5.82 Å². The Hall–Kier alpha value is -2.74. The molecule has 0 fully saturated rings. The Balaban J connectivity index is 1.79. The van der Waals surface area contributed by atoms with E-state index in [1.807, 2.05) is 25.1 Å². The zero-order chi connectivity index (χ0) is 13.9. The minimum atomic E-state index is 0.258. The molecule has 1 aliphatic heterocycles. The number of hydrogen-bond acceptors (Lipinski definition) is 5. The van der Waals surface area contributed by atoms with E-state index < -0.39 is 0 Å². The second-order valence-electron chi connectivity index (χ2n) is 4.50. The van der Waals surface area contributed by atoms with Gasteiger partial charge in [-0.3, -0.25) is 0 Å². The van der Waals surface area contributed by atoms with E-state index in [2.05, 4.69) is 16.4 Å². The van der Waals surface area contributed by atoms with Crippen molar-refractivity contribution in [2.45, 2.75) is 13.5 Å². The number of ether oxygens (including phenoxy) is 2. The normalized spacial score (nSPS) is 12.0. The van der Waals surface area contributed by atoms with Crippen LogP contribution >= 0.6 is 0 Å². The van der Waals surface area contributed by atoms with Crippen molar-refractivity contribution in [1.82, 2.24) is 4.98 Å². The van der Waals surface area contributed by atoms with E-state index in [-0.39, 0.29) is 6.79 Å². The maximum absolute atomic E-state index is 8.96. The minimum absolute atomic E-state index is 0.258. The van der Waals surface area contributed by atoms with Crippen LogP contribution in [0.3, 0.4) is 0 Å². The summed E-state index contributed by atoms with van der Waals surface area (Å²) in [7, 11) is 0.